The van der Waals surface area contributed by atoms with Crippen molar-refractivity contribution >= 4 is 27.5 Å². The third-order valence-electron chi connectivity index (χ3n) is 2.68. The van der Waals surface area contributed by atoms with Crippen molar-refractivity contribution in [2.24, 2.45) is 0 Å². The van der Waals surface area contributed by atoms with Crippen molar-refractivity contribution in [1.29, 1.82) is 5.26 Å². The summed E-state index contributed by atoms with van der Waals surface area (Å²) in [7, 11) is 0. The van der Waals surface area contributed by atoms with E-state index in [1.165, 1.54) is 11.3 Å². The Labute approximate surface area is 113 Å². The molecular weight excluding hydrogens is 258 g/mol. The Hall–Kier alpha value is -2.52. The van der Waals surface area contributed by atoms with Crippen molar-refractivity contribution in [3.63, 3.8) is 0 Å². The van der Waals surface area contributed by atoms with Crippen LogP contribution in [0.25, 0.3) is 10.2 Å². The summed E-state index contributed by atoms with van der Waals surface area (Å²) in [6, 6.07) is 11.7. The average Bonchev–Trinajstić information content (AvgIpc) is 2.83. The summed E-state index contributed by atoms with van der Waals surface area (Å²) >= 11 is 1.50. The highest BCUT2D eigenvalue weighted by Crippen LogP contribution is 2.30. The molecule has 5 nitrogen and oxygen atoms in total. The van der Waals surface area contributed by atoms with Gasteiger partial charge in [0.15, 0.2) is 0 Å². The molecule has 0 aliphatic heterocycles. The number of nitrogens with zero attached hydrogens (tertiary/aromatic N) is 4. The van der Waals surface area contributed by atoms with Gasteiger partial charge >= 0.3 is 0 Å². The van der Waals surface area contributed by atoms with Crippen molar-refractivity contribution in [3.05, 3.63) is 47.2 Å². The number of anilines is 1. The second-order valence-corrected chi connectivity index (χ2v) is 4.98. The normalized spacial score (nSPS) is 12.2. The number of nitrogens with two attached hydrogens (primary N) is 1. The number of para-hydroxylation sites is 1. The number of nitrogen functional groups attached to an aromatic ring is 1. The molecule has 2 N–H and O–H groups in total. The first-order valence-electron chi connectivity index (χ1n) is 5.61. The fourth-order valence-corrected chi connectivity index (χ4v) is 2.84. The number of hydrogen-bond acceptors (Lipinski definition) is 6. The van der Waals surface area contributed by atoms with Gasteiger partial charge in [0.1, 0.15) is 10.9 Å². The highest BCUT2D eigenvalue weighted by molar-refractivity contribution is 7.18. The zero-order chi connectivity index (χ0) is 13.2. The molecule has 0 radical (unpaired) electrons. The zero-order valence-electron chi connectivity index (χ0n) is 9.82. The molecule has 0 bridgehead atoms. The highest BCUT2D eigenvalue weighted by Gasteiger charge is 2.19. The van der Waals surface area contributed by atoms with Crippen molar-refractivity contribution in [1.82, 2.24) is 15.0 Å². The molecule has 2 heterocycles. The third-order valence-corrected chi connectivity index (χ3v) is 3.78. The van der Waals surface area contributed by atoms with Crippen molar-refractivity contribution in [2.45, 2.75) is 5.92 Å². The molecule has 0 spiro atoms. The van der Waals surface area contributed by atoms with Gasteiger partial charge in [-0.25, -0.2) is 15.0 Å². The summed E-state index contributed by atoms with van der Waals surface area (Å²) in [5.41, 5.74) is 7.03. The lowest BCUT2D eigenvalue weighted by Gasteiger charge is -2.04. The van der Waals surface area contributed by atoms with E-state index in [-0.39, 0.29) is 5.95 Å². The van der Waals surface area contributed by atoms with Gasteiger partial charge in [0.05, 0.1) is 22.0 Å². The number of rotatable bonds is 2. The standard InChI is InChI=1S/C13H9N5S/c14-7-8(9-5-6-16-13(15)18-9)12-17-10-3-1-2-4-11(10)19-12/h1-6,8H,(H2,15,16,18). The maximum absolute atomic E-state index is 9.36. The molecular formula is C13H9N5S. The molecule has 0 saturated carbocycles. The second kappa shape index (κ2) is 4.63. The molecule has 6 heteroatoms. The van der Waals surface area contributed by atoms with Crippen LogP contribution in [-0.2, 0) is 0 Å². The van der Waals surface area contributed by atoms with E-state index in [1.54, 1.807) is 12.3 Å². The van der Waals surface area contributed by atoms with Gasteiger partial charge < -0.3 is 5.73 Å². The van der Waals surface area contributed by atoms with Gasteiger partial charge in [-0.1, -0.05) is 12.1 Å². The first-order chi connectivity index (χ1) is 9.28. The molecule has 92 valence electrons. The Bertz CT molecular complexity index is 741. The molecule has 19 heavy (non-hydrogen) atoms. The summed E-state index contributed by atoms with van der Waals surface area (Å²) in [5, 5.41) is 10.1. The summed E-state index contributed by atoms with van der Waals surface area (Å²) < 4.78 is 1.06. The van der Waals surface area contributed by atoms with Crippen LogP contribution in [0.15, 0.2) is 36.5 Å². The molecule has 3 rings (SSSR count). The Balaban J connectivity index is 2.10. The number of hydrogen-bond donors (Lipinski definition) is 1. The number of nitriles is 1. The number of aromatic nitrogens is 3. The minimum Gasteiger partial charge on any atom is -0.368 e. The van der Waals surface area contributed by atoms with Gasteiger partial charge in [0, 0.05) is 6.20 Å². The smallest absolute Gasteiger partial charge is 0.220 e. The van der Waals surface area contributed by atoms with E-state index in [1.807, 2.05) is 24.3 Å². The van der Waals surface area contributed by atoms with Crippen LogP contribution in [0.5, 0.6) is 0 Å². The van der Waals surface area contributed by atoms with Gasteiger partial charge in [-0.2, -0.15) is 5.26 Å². The van der Waals surface area contributed by atoms with E-state index in [0.717, 1.165) is 15.2 Å². The number of thiazole rings is 1. The Morgan fingerprint density at radius 1 is 1.21 bits per heavy atom. The van der Waals surface area contributed by atoms with Crippen molar-refractivity contribution in [3.8, 4) is 6.07 Å². The summed E-state index contributed by atoms with van der Waals surface area (Å²) in [6.07, 6.45) is 1.55. The lowest BCUT2D eigenvalue weighted by Crippen LogP contribution is -2.04. The fourth-order valence-electron chi connectivity index (χ4n) is 1.81. The van der Waals surface area contributed by atoms with Gasteiger partial charge in [0.2, 0.25) is 5.95 Å². The molecule has 0 amide bonds. The molecule has 0 fully saturated rings. The van der Waals surface area contributed by atoms with E-state index in [0.29, 0.717) is 5.69 Å². The molecule has 1 atom stereocenters. The van der Waals surface area contributed by atoms with Gasteiger partial charge in [-0.05, 0) is 18.2 Å². The van der Waals surface area contributed by atoms with Crippen LogP contribution < -0.4 is 5.73 Å². The van der Waals surface area contributed by atoms with E-state index in [4.69, 9.17) is 5.73 Å². The van der Waals surface area contributed by atoms with Crippen LogP contribution in [0, 0.1) is 11.3 Å². The molecule has 2 aromatic heterocycles. The number of benzene rings is 1. The Morgan fingerprint density at radius 2 is 2.05 bits per heavy atom. The second-order valence-electron chi connectivity index (χ2n) is 3.92. The molecule has 3 aromatic rings. The highest BCUT2D eigenvalue weighted by atomic mass is 32.1. The van der Waals surface area contributed by atoms with E-state index in [2.05, 4.69) is 21.0 Å². The van der Waals surface area contributed by atoms with E-state index < -0.39 is 5.92 Å². The van der Waals surface area contributed by atoms with Crippen molar-refractivity contribution < 1.29 is 0 Å². The topological polar surface area (TPSA) is 88.5 Å². The van der Waals surface area contributed by atoms with Crippen LogP contribution in [0.3, 0.4) is 0 Å². The van der Waals surface area contributed by atoms with Gasteiger partial charge in [-0.15, -0.1) is 11.3 Å². The minimum absolute atomic E-state index is 0.166. The maximum atomic E-state index is 9.36. The van der Waals surface area contributed by atoms with Gasteiger partial charge in [0.25, 0.3) is 0 Å². The molecule has 0 aliphatic rings. The SMILES string of the molecule is N#CC(c1ccnc(N)n1)c1nc2ccccc2s1. The maximum Gasteiger partial charge on any atom is 0.220 e. The molecule has 1 unspecified atom stereocenters. The summed E-state index contributed by atoms with van der Waals surface area (Å²) in [4.78, 5) is 12.4. The number of fused-ring (bicyclic) bond motifs is 1. The van der Waals surface area contributed by atoms with Gasteiger partial charge in [-0.3, -0.25) is 0 Å². The third kappa shape index (κ3) is 2.11. The quantitative estimate of drug-likeness (QED) is 0.769. The average molecular weight is 267 g/mol. The Morgan fingerprint density at radius 3 is 2.79 bits per heavy atom. The first kappa shape index (κ1) is 11.6. The Kier molecular flexibility index (Phi) is 2.82. The van der Waals surface area contributed by atoms with Crippen LogP contribution in [0.4, 0.5) is 5.95 Å². The predicted molar refractivity (Wildman–Crippen MR) is 73.5 cm³/mol. The van der Waals surface area contributed by atoms with Crippen LogP contribution in [0.2, 0.25) is 0 Å². The lowest BCUT2D eigenvalue weighted by atomic mass is 10.1. The largest absolute Gasteiger partial charge is 0.368 e. The van der Waals surface area contributed by atoms with Crippen LogP contribution in [-0.4, -0.2) is 15.0 Å². The molecule has 0 aliphatic carbocycles. The predicted octanol–water partition coefficient (Wildman–Crippen LogP) is 2.32. The van der Waals surface area contributed by atoms with E-state index >= 15 is 0 Å². The van der Waals surface area contributed by atoms with Crippen LogP contribution >= 0.6 is 11.3 Å². The fraction of sp³-hybridized carbons (Fsp3) is 0.0769. The monoisotopic (exact) mass is 267 g/mol. The van der Waals surface area contributed by atoms with Crippen LogP contribution in [0.1, 0.15) is 16.6 Å². The zero-order valence-corrected chi connectivity index (χ0v) is 10.6. The molecule has 1 aromatic carbocycles. The summed E-state index contributed by atoms with van der Waals surface area (Å²) in [5.74, 6) is -0.346. The van der Waals surface area contributed by atoms with Crippen molar-refractivity contribution in [2.75, 3.05) is 5.73 Å². The first-order valence-corrected chi connectivity index (χ1v) is 6.43. The van der Waals surface area contributed by atoms with E-state index in [9.17, 15) is 5.26 Å². The lowest BCUT2D eigenvalue weighted by molar-refractivity contribution is 0.941. The molecule has 0 saturated heterocycles. The summed E-state index contributed by atoms with van der Waals surface area (Å²) in [6.45, 7) is 0. The minimum atomic E-state index is -0.511.